The average molecular weight is 433 g/mol. The maximum Gasteiger partial charge on any atom is 0.417 e. The van der Waals surface area contributed by atoms with E-state index in [9.17, 15) is 22.8 Å². The highest BCUT2D eigenvalue weighted by atomic mass is 32.2. The summed E-state index contributed by atoms with van der Waals surface area (Å²) in [6.07, 6.45) is 1.37. The van der Waals surface area contributed by atoms with Crippen molar-refractivity contribution in [1.82, 2.24) is 15.6 Å². The molecule has 2 amide bonds. The molecular weight excluding hydrogens is 407 g/mol. The van der Waals surface area contributed by atoms with Gasteiger partial charge < -0.3 is 15.4 Å². The first kappa shape index (κ1) is 23.3. The molecule has 0 saturated heterocycles. The minimum Gasteiger partial charge on any atom is -0.474 e. The molecule has 162 valence electrons. The molecule has 0 spiro atoms. The van der Waals surface area contributed by atoms with E-state index in [0.717, 1.165) is 18.0 Å². The largest absolute Gasteiger partial charge is 0.474 e. The summed E-state index contributed by atoms with van der Waals surface area (Å²) in [4.78, 5) is 27.5. The van der Waals surface area contributed by atoms with Crippen LogP contribution in [-0.2, 0) is 15.8 Å². The molecule has 1 aliphatic rings. The van der Waals surface area contributed by atoms with E-state index in [1.165, 1.54) is 13.0 Å². The van der Waals surface area contributed by atoms with E-state index < -0.39 is 17.8 Å². The predicted octanol–water partition coefficient (Wildman–Crippen LogP) is 3.16. The van der Waals surface area contributed by atoms with Crippen LogP contribution < -0.4 is 15.4 Å². The lowest BCUT2D eigenvalue weighted by Crippen LogP contribution is -2.50. The van der Waals surface area contributed by atoms with Crippen molar-refractivity contribution in [1.29, 1.82) is 0 Å². The van der Waals surface area contributed by atoms with Crippen molar-refractivity contribution >= 4 is 23.6 Å². The number of hydrogen-bond acceptors (Lipinski definition) is 5. The summed E-state index contributed by atoms with van der Waals surface area (Å²) >= 11 is 1.61. The van der Waals surface area contributed by atoms with Crippen LogP contribution >= 0.6 is 11.8 Å². The molecule has 1 unspecified atom stereocenters. The third-order valence-corrected chi connectivity index (χ3v) is 5.32. The number of thioether (sulfide) groups is 1. The quantitative estimate of drug-likeness (QED) is 0.658. The number of aromatic nitrogens is 1. The fourth-order valence-electron chi connectivity index (χ4n) is 3.17. The molecule has 1 fully saturated rings. The van der Waals surface area contributed by atoms with Crippen molar-refractivity contribution in [3.8, 4) is 5.88 Å². The van der Waals surface area contributed by atoms with Gasteiger partial charge in [-0.1, -0.05) is 0 Å². The van der Waals surface area contributed by atoms with E-state index in [0.29, 0.717) is 32.1 Å². The summed E-state index contributed by atoms with van der Waals surface area (Å²) in [6, 6.07) is 1.60. The van der Waals surface area contributed by atoms with Gasteiger partial charge in [0.2, 0.25) is 17.7 Å². The molecule has 0 aromatic carbocycles. The summed E-state index contributed by atoms with van der Waals surface area (Å²) in [5.41, 5.74) is -0.813. The number of halogens is 3. The Kier molecular flexibility index (Phi) is 8.60. The molecule has 1 saturated carbocycles. The topological polar surface area (TPSA) is 80.3 Å². The standard InChI is InChI=1S/C19H26F3N3O3S/c1-12(26)24-16(9-10-29-2)18(27)25-14-4-6-15(7-5-14)28-17-8-3-13(11-23-17)19(20,21)22/h3,8,11,14-16H,4-7,9-10H2,1-2H3,(H,24,26)(H,25,27). The second-order valence-electron chi connectivity index (χ2n) is 7.02. The van der Waals surface area contributed by atoms with Crippen LogP contribution in [0.2, 0.25) is 0 Å². The highest BCUT2D eigenvalue weighted by molar-refractivity contribution is 7.98. The van der Waals surface area contributed by atoms with Crippen LogP contribution in [0.5, 0.6) is 5.88 Å². The van der Waals surface area contributed by atoms with Crippen molar-refractivity contribution in [2.45, 2.75) is 63.4 Å². The monoisotopic (exact) mass is 433 g/mol. The number of pyridine rings is 1. The first-order chi connectivity index (χ1) is 13.7. The van der Waals surface area contributed by atoms with Crippen molar-refractivity contribution in [3.63, 3.8) is 0 Å². The smallest absolute Gasteiger partial charge is 0.417 e. The van der Waals surface area contributed by atoms with E-state index in [1.54, 1.807) is 11.8 Å². The van der Waals surface area contributed by atoms with Crippen LogP contribution in [0.3, 0.4) is 0 Å². The number of carbonyl (C=O) groups is 2. The molecule has 1 aromatic rings. The Bertz CT molecular complexity index is 678. The normalized spacial score (nSPS) is 20.6. The number of rotatable bonds is 8. The van der Waals surface area contributed by atoms with Crippen LogP contribution in [0.15, 0.2) is 18.3 Å². The molecule has 29 heavy (non-hydrogen) atoms. The molecule has 2 rings (SSSR count). The molecule has 1 aromatic heterocycles. The maximum absolute atomic E-state index is 12.6. The van der Waals surface area contributed by atoms with Crippen molar-refractivity contribution in [3.05, 3.63) is 23.9 Å². The first-order valence-electron chi connectivity index (χ1n) is 9.45. The summed E-state index contributed by atoms with van der Waals surface area (Å²) in [5.74, 6) is 0.489. The fourth-order valence-corrected chi connectivity index (χ4v) is 3.64. The van der Waals surface area contributed by atoms with E-state index in [1.807, 2.05) is 6.26 Å². The van der Waals surface area contributed by atoms with Gasteiger partial charge in [0.1, 0.15) is 12.1 Å². The lowest BCUT2D eigenvalue weighted by molar-refractivity contribution is -0.137. The van der Waals surface area contributed by atoms with Gasteiger partial charge >= 0.3 is 6.18 Å². The van der Waals surface area contributed by atoms with Gasteiger partial charge in [-0.25, -0.2) is 4.98 Å². The number of amides is 2. The lowest BCUT2D eigenvalue weighted by atomic mass is 9.92. The second-order valence-corrected chi connectivity index (χ2v) is 8.00. The fraction of sp³-hybridized carbons (Fsp3) is 0.632. The van der Waals surface area contributed by atoms with Gasteiger partial charge in [-0.3, -0.25) is 9.59 Å². The van der Waals surface area contributed by atoms with Crippen LogP contribution in [0, 0.1) is 0 Å². The van der Waals surface area contributed by atoms with Crippen molar-refractivity contribution < 1.29 is 27.5 Å². The molecule has 1 aliphatic carbocycles. The molecular formula is C19H26F3N3O3S. The molecule has 6 nitrogen and oxygen atoms in total. The van der Waals surface area contributed by atoms with Gasteiger partial charge in [0.25, 0.3) is 0 Å². The number of hydrogen-bond donors (Lipinski definition) is 2. The zero-order valence-electron chi connectivity index (χ0n) is 16.4. The third kappa shape index (κ3) is 7.75. The Morgan fingerprint density at radius 2 is 1.97 bits per heavy atom. The van der Waals surface area contributed by atoms with Crippen LogP contribution in [-0.4, -0.2) is 47.0 Å². The van der Waals surface area contributed by atoms with Crippen molar-refractivity contribution in [2.24, 2.45) is 0 Å². The zero-order valence-corrected chi connectivity index (χ0v) is 17.2. The summed E-state index contributed by atoms with van der Waals surface area (Å²) in [5, 5.41) is 5.67. The SMILES string of the molecule is CSCCC(NC(C)=O)C(=O)NC1CCC(Oc2ccc(C(F)(F)F)cn2)CC1. The molecule has 0 aliphatic heterocycles. The molecule has 0 radical (unpaired) electrons. The van der Waals surface area contributed by atoms with Gasteiger partial charge in [0, 0.05) is 25.2 Å². The second kappa shape index (κ2) is 10.7. The van der Waals surface area contributed by atoms with E-state index in [2.05, 4.69) is 15.6 Å². The Labute approximate surface area is 172 Å². The number of nitrogens with one attached hydrogen (secondary N) is 2. The molecule has 10 heteroatoms. The highest BCUT2D eigenvalue weighted by Gasteiger charge is 2.31. The Hall–Kier alpha value is -1.97. The molecule has 2 N–H and O–H groups in total. The third-order valence-electron chi connectivity index (χ3n) is 4.68. The van der Waals surface area contributed by atoms with Crippen molar-refractivity contribution in [2.75, 3.05) is 12.0 Å². The summed E-state index contributed by atoms with van der Waals surface area (Å²) in [6.45, 7) is 1.39. The number of alkyl halides is 3. The minimum atomic E-state index is -4.42. The number of ether oxygens (including phenoxy) is 1. The van der Waals surface area contributed by atoms with Gasteiger partial charge in [-0.2, -0.15) is 24.9 Å². The van der Waals surface area contributed by atoms with E-state index in [-0.39, 0.29) is 29.8 Å². The van der Waals surface area contributed by atoms with E-state index in [4.69, 9.17) is 4.74 Å². The Morgan fingerprint density at radius 3 is 2.48 bits per heavy atom. The van der Waals surface area contributed by atoms with E-state index >= 15 is 0 Å². The summed E-state index contributed by atoms with van der Waals surface area (Å²) in [7, 11) is 0. The Morgan fingerprint density at radius 1 is 1.28 bits per heavy atom. The number of carbonyl (C=O) groups excluding carboxylic acids is 2. The predicted molar refractivity (Wildman–Crippen MR) is 105 cm³/mol. The first-order valence-corrected chi connectivity index (χ1v) is 10.8. The lowest BCUT2D eigenvalue weighted by Gasteiger charge is -2.30. The molecule has 1 atom stereocenters. The van der Waals surface area contributed by atoms with Crippen LogP contribution in [0.1, 0.15) is 44.6 Å². The maximum atomic E-state index is 12.6. The van der Waals surface area contributed by atoms with Crippen LogP contribution in [0.4, 0.5) is 13.2 Å². The molecule has 1 heterocycles. The highest BCUT2D eigenvalue weighted by Crippen LogP contribution is 2.30. The van der Waals surface area contributed by atoms with Gasteiger partial charge in [-0.05, 0) is 50.2 Å². The van der Waals surface area contributed by atoms with Crippen LogP contribution in [0.25, 0.3) is 0 Å². The van der Waals surface area contributed by atoms with Gasteiger partial charge in [-0.15, -0.1) is 0 Å². The Balaban J connectivity index is 1.80. The minimum absolute atomic E-state index is 0.0200. The van der Waals surface area contributed by atoms with Gasteiger partial charge in [0.05, 0.1) is 5.56 Å². The molecule has 0 bridgehead atoms. The summed E-state index contributed by atoms with van der Waals surface area (Å²) < 4.78 is 43.4. The average Bonchev–Trinajstić information content (AvgIpc) is 2.66. The zero-order chi connectivity index (χ0) is 21.4. The van der Waals surface area contributed by atoms with Gasteiger partial charge in [0.15, 0.2) is 0 Å². The number of nitrogens with zero attached hydrogens (tertiary/aromatic N) is 1.